The predicted octanol–water partition coefficient (Wildman–Crippen LogP) is 0.0529. The van der Waals surface area contributed by atoms with E-state index in [4.69, 9.17) is 15.9 Å². The van der Waals surface area contributed by atoms with Crippen LogP contribution in [0, 0.1) is 11.8 Å². The smallest absolute Gasteiger partial charge is 0.306 e. The first kappa shape index (κ1) is 11.4. The van der Waals surface area contributed by atoms with Crippen LogP contribution in [-0.2, 0) is 4.79 Å². The van der Waals surface area contributed by atoms with Crippen LogP contribution in [0.15, 0.2) is 0 Å². The fraction of sp³-hybridized carbons (Fsp3) is 0.875. The highest BCUT2D eigenvalue weighted by atomic mass is 16.4. The van der Waals surface area contributed by atoms with Crippen LogP contribution >= 0.6 is 0 Å². The summed E-state index contributed by atoms with van der Waals surface area (Å²) in [5.74, 6) is -1.66. The number of aliphatic carboxylic acids is 1. The summed E-state index contributed by atoms with van der Waals surface area (Å²) in [4.78, 5) is 10.7. The Balaban J connectivity index is 4.18. The molecule has 72 valence electrons. The van der Waals surface area contributed by atoms with Gasteiger partial charge < -0.3 is 15.9 Å². The molecule has 3 unspecified atom stereocenters. The topological polar surface area (TPSA) is 83.5 Å². The van der Waals surface area contributed by atoms with Gasteiger partial charge in [0, 0.05) is 0 Å². The summed E-state index contributed by atoms with van der Waals surface area (Å²) in [5, 5.41) is 17.9. The Morgan fingerprint density at radius 3 is 2.25 bits per heavy atom. The van der Waals surface area contributed by atoms with Crippen LogP contribution in [0.1, 0.15) is 20.3 Å². The van der Waals surface area contributed by atoms with Gasteiger partial charge in [0.2, 0.25) is 0 Å². The molecule has 4 nitrogen and oxygen atoms in total. The molecule has 0 fully saturated rings. The lowest BCUT2D eigenvalue weighted by molar-refractivity contribution is -0.145. The third kappa shape index (κ3) is 3.19. The van der Waals surface area contributed by atoms with E-state index in [1.54, 1.807) is 13.8 Å². The zero-order valence-electron chi connectivity index (χ0n) is 7.53. The molecule has 0 rings (SSSR count). The summed E-state index contributed by atoms with van der Waals surface area (Å²) in [7, 11) is 0. The van der Waals surface area contributed by atoms with E-state index in [1.807, 2.05) is 0 Å². The molecule has 0 spiro atoms. The lowest BCUT2D eigenvalue weighted by Gasteiger charge is -2.21. The Labute approximate surface area is 72.4 Å². The Hall–Kier alpha value is -0.610. The highest BCUT2D eigenvalue weighted by Gasteiger charge is 2.26. The summed E-state index contributed by atoms with van der Waals surface area (Å²) >= 11 is 0. The lowest BCUT2D eigenvalue weighted by atomic mass is 9.87. The van der Waals surface area contributed by atoms with Gasteiger partial charge in [-0.05, 0) is 25.8 Å². The summed E-state index contributed by atoms with van der Waals surface area (Å²) < 4.78 is 0. The first-order chi connectivity index (χ1) is 5.50. The van der Waals surface area contributed by atoms with Gasteiger partial charge in [-0.25, -0.2) is 0 Å². The SMILES string of the molecule is CC(O)C(C)C(CCN)C(=O)O. The largest absolute Gasteiger partial charge is 0.481 e. The van der Waals surface area contributed by atoms with E-state index in [0.29, 0.717) is 13.0 Å². The summed E-state index contributed by atoms with van der Waals surface area (Å²) in [5.41, 5.74) is 5.26. The van der Waals surface area contributed by atoms with Crippen LogP contribution < -0.4 is 5.73 Å². The Kier molecular flexibility index (Phi) is 4.85. The summed E-state index contributed by atoms with van der Waals surface area (Å²) in [6.45, 7) is 3.66. The van der Waals surface area contributed by atoms with Crippen LogP contribution in [0.25, 0.3) is 0 Å². The number of rotatable bonds is 5. The van der Waals surface area contributed by atoms with Crippen molar-refractivity contribution in [3.8, 4) is 0 Å². The molecule has 0 saturated heterocycles. The first-order valence-corrected chi connectivity index (χ1v) is 4.11. The maximum Gasteiger partial charge on any atom is 0.306 e. The maximum atomic E-state index is 10.7. The van der Waals surface area contributed by atoms with Crippen molar-refractivity contribution in [3.63, 3.8) is 0 Å². The van der Waals surface area contributed by atoms with E-state index < -0.39 is 18.0 Å². The van der Waals surface area contributed by atoms with Gasteiger partial charge in [0.15, 0.2) is 0 Å². The van der Waals surface area contributed by atoms with Crippen molar-refractivity contribution in [1.29, 1.82) is 0 Å². The molecule has 12 heavy (non-hydrogen) atoms. The van der Waals surface area contributed by atoms with E-state index >= 15 is 0 Å². The second-order valence-corrected chi connectivity index (χ2v) is 3.12. The molecular weight excluding hydrogens is 158 g/mol. The molecule has 0 radical (unpaired) electrons. The minimum Gasteiger partial charge on any atom is -0.481 e. The third-order valence-electron chi connectivity index (χ3n) is 2.19. The molecule has 3 atom stereocenters. The second kappa shape index (κ2) is 5.11. The fourth-order valence-electron chi connectivity index (χ4n) is 1.13. The molecular formula is C8H17NO3. The molecule has 4 N–H and O–H groups in total. The van der Waals surface area contributed by atoms with Crippen molar-refractivity contribution in [1.82, 2.24) is 0 Å². The van der Waals surface area contributed by atoms with Gasteiger partial charge in [0.25, 0.3) is 0 Å². The molecule has 0 aromatic carbocycles. The van der Waals surface area contributed by atoms with E-state index in [9.17, 15) is 4.79 Å². The first-order valence-electron chi connectivity index (χ1n) is 4.11. The molecule has 0 heterocycles. The molecule has 4 heteroatoms. The van der Waals surface area contributed by atoms with E-state index in [-0.39, 0.29) is 5.92 Å². The van der Waals surface area contributed by atoms with Gasteiger partial charge in [0.05, 0.1) is 12.0 Å². The van der Waals surface area contributed by atoms with Crippen molar-refractivity contribution >= 4 is 5.97 Å². The molecule has 0 aromatic rings. The van der Waals surface area contributed by atoms with Gasteiger partial charge in [-0.15, -0.1) is 0 Å². The number of aliphatic hydroxyl groups is 1. The van der Waals surface area contributed by atoms with Crippen molar-refractivity contribution in [3.05, 3.63) is 0 Å². The monoisotopic (exact) mass is 175 g/mol. The fourth-order valence-corrected chi connectivity index (χ4v) is 1.13. The number of carbonyl (C=O) groups is 1. The highest BCUT2D eigenvalue weighted by molar-refractivity contribution is 5.70. The number of hydrogen-bond acceptors (Lipinski definition) is 3. The van der Waals surface area contributed by atoms with Crippen molar-refractivity contribution in [2.75, 3.05) is 6.54 Å². The minimum atomic E-state index is -0.881. The van der Waals surface area contributed by atoms with Crippen LogP contribution in [0.3, 0.4) is 0 Å². The Bertz CT molecular complexity index is 147. The van der Waals surface area contributed by atoms with Crippen LogP contribution in [0.5, 0.6) is 0 Å². The van der Waals surface area contributed by atoms with E-state index in [1.165, 1.54) is 0 Å². The molecule has 0 aliphatic heterocycles. The number of hydrogen-bond donors (Lipinski definition) is 3. The summed E-state index contributed by atoms with van der Waals surface area (Å²) in [6, 6.07) is 0. The highest BCUT2D eigenvalue weighted by Crippen LogP contribution is 2.18. The van der Waals surface area contributed by atoms with Crippen LogP contribution in [-0.4, -0.2) is 28.8 Å². The molecule has 0 saturated carbocycles. The maximum absolute atomic E-state index is 10.7. The number of nitrogens with two attached hydrogens (primary N) is 1. The van der Waals surface area contributed by atoms with Gasteiger partial charge in [0.1, 0.15) is 0 Å². The lowest BCUT2D eigenvalue weighted by Crippen LogP contribution is -2.30. The van der Waals surface area contributed by atoms with E-state index in [0.717, 1.165) is 0 Å². The normalized spacial score (nSPS) is 18.3. The average Bonchev–Trinajstić information content (AvgIpc) is 1.98. The van der Waals surface area contributed by atoms with Crippen molar-refractivity contribution in [2.45, 2.75) is 26.4 Å². The van der Waals surface area contributed by atoms with Gasteiger partial charge in [-0.3, -0.25) is 4.79 Å². The molecule has 0 aliphatic rings. The number of carboxylic acids is 1. The third-order valence-corrected chi connectivity index (χ3v) is 2.19. The van der Waals surface area contributed by atoms with Gasteiger partial charge >= 0.3 is 5.97 Å². The van der Waals surface area contributed by atoms with Crippen LogP contribution in [0.2, 0.25) is 0 Å². The molecule has 0 bridgehead atoms. The molecule has 0 aliphatic carbocycles. The molecule has 0 amide bonds. The van der Waals surface area contributed by atoms with Crippen molar-refractivity contribution < 1.29 is 15.0 Å². The van der Waals surface area contributed by atoms with Gasteiger partial charge in [-0.2, -0.15) is 0 Å². The Morgan fingerprint density at radius 2 is 2.00 bits per heavy atom. The predicted molar refractivity (Wildman–Crippen MR) is 45.6 cm³/mol. The quantitative estimate of drug-likeness (QED) is 0.551. The number of aliphatic hydroxyl groups excluding tert-OH is 1. The van der Waals surface area contributed by atoms with Crippen LogP contribution in [0.4, 0.5) is 0 Å². The minimum absolute atomic E-state index is 0.244. The average molecular weight is 175 g/mol. The summed E-state index contributed by atoms with van der Waals surface area (Å²) in [6.07, 6.45) is -0.181. The standard InChI is InChI=1S/C8H17NO3/c1-5(6(2)10)7(3-4-9)8(11)12/h5-7,10H,3-4,9H2,1-2H3,(H,11,12). The Morgan fingerprint density at radius 1 is 1.50 bits per heavy atom. The second-order valence-electron chi connectivity index (χ2n) is 3.12. The zero-order chi connectivity index (χ0) is 9.72. The zero-order valence-corrected chi connectivity index (χ0v) is 7.53. The van der Waals surface area contributed by atoms with Crippen molar-refractivity contribution in [2.24, 2.45) is 17.6 Å². The molecule has 0 aromatic heterocycles. The van der Waals surface area contributed by atoms with E-state index in [2.05, 4.69) is 0 Å². The number of carboxylic acid groups (broad SMARTS) is 1. The van der Waals surface area contributed by atoms with Gasteiger partial charge in [-0.1, -0.05) is 6.92 Å².